The first-order chi connectivity index (χ1) is 14.6. The van der Waals surface area contributed by atoms with E-state index in [1.165, 1.54) is 25.5 Å². The SMILES string of the molecule is CN=C(NCC1CCN(Cc2ccc(OC)cc2)CC1)N1CCC(C(=O)OC)CC1.I. The zero-order valence-electron chi connectivity index (χ0n) is 19.0. The highest BCUT2D eigenvalue weighted by molar-refractivity contribution is 14.0. The van der Waals surface area contributed by atoms with Gasteiger partial charge in [0, 0.05) is 33.2 Å². The van der Waals surface area contributed by atoms with Crippen LogP contribution in [0.25, 0.3) is 0 Å². The van der Waals surface area contributed by atoms with Crippen molar-refractivity contribution >= 4 is 35.9 Å². The fraction of sp³-hybridized carbons (Fsp3) is 0.652. The van der Waals surface area contributed by atoms with Crippen LogP contribution in [0.15, 0.2) is 29.3 Å². The zero-order chi connectivity index (χ0) is 21.3. The standard InChI is InChI=1S/C23H36N4O3.HI/c1-24-23(27-14-10-20(11-15-27)22(28)30-3)25-16-18-8-12-26(13-9-18)17-19-4-6-21(29-2)7-5-19;/h4-7,18,20H,8-17H2,1-3H3,(H,24,25);1H. The van der Waals surface area contributed by atoms with Crippen LogP contribution in [-0.4, -0.2) is 75.7 Å². The first-order valence-corrected chi connectivity index (χ1v) is 11.0. The van der Waals surface area contributed by atoms with Gasteiger partial charge >= 0.3 is 5.97 Å². The van der Waals surface area contributed by atoms with E-state index in [0.29, 0.717) is 5.92 Å². The topological polar surface area (TPSA) is 66.4 Å². The largest absolute Gasteiger partial charge is 0.497 e. The van der Waals surface area contributed by atoms with Crippen molar-refractivity contribution in [2.24, 2.45) is 16.8 Å². The Balaban J connectivity index is 0.00000341. The van der Waals surface area contributed by atoms with Gasteiger partial charge in [-0.05, 0) is 62.4 Å². The third-order valence-corrected chi connectivity index (χ3v) is 6.36. The van der Waals surface area contributed by atoms with Crippen LogP contribution in [0.5, 0.6) is 5.75 Å². The predicted octanol–water partition coefficient (Wildman–Crippen LogP) is 2.99. The molecule has 8 heteroatoms. The minimum absolute atomic E-state index is 0. The molecule has 31 heavy (non-hydrogen) atoms. The quantitative estimate of drug-likeness (QED) is 0.257. The summed E-state index contributed by atoms with van der Waals surface area (Å²) in [6.45, 7) is 5.91. The number of methoxy groups -OCH3 is 2. The van der Waals surface area contributed by atoms with E-state index in [2.05, 4.69) is 32.2 Å². The molecule has 2 heterocycles. The number of aliphatic imine (C=N–C) groups is 1. The number of rotatable bonds is 6. The van der Waals surface area contributed by atoms with E-state index >= 15 is 0 Å². The summed E-state index contributed by atoms with van der Waals surface area (Å²) in [4.78, 5) is 21.0. The van der Waals surface area contributed by atoms with Crippen molar-refractivity contribution < 1.29 is 14.3 Å². The Bertz CT molecular complexity index is 697. The number of likely N-dealkylation sites (tertiary alicyclic amines) is 2. The Kier molecular flexibility index (Phi) is 10.9. The molecule has 2 aliphatic rings. The number of ether oxygens (including phenoxy) is 2. The molecule has 1 N–H and O–H groups in total. The molecular formula is C23H37IN4O3. The fourth-order valence-corrected chi connectivity index (χ4v) is 4.40. The highest BCUT2D eigenvalue weighted by atomic mass is 127. The molecule has 2 aliphatic heterocycles. The maximum absolute atomic E-state index is 11.7. The number of carbonyl (C=O) groups excluding carboxylic acids is 1. The molecule has 0 spiro atoms. The van der Waals surface area contributed by atoms with Crippen molar-refractivity contribution in [1.82, 2.24) is 15.1 Å². The lowest BCUT2D eigenvalue weighted by atomic mass is 9.96. The van der Waals surface area contributed by atoms with Gasteiger partial charge in [-0.3, -0.25) is 14.7 Å². The van der Waals surface area contributed by atoms with E-state index in [4.69, 9.17) is 9.47 Å². The number of nitrogens with one attached hydrogen (secondary N) is 1. The van der Waals surface area contributed by atoms with Gasteiger partial charge in [0.25, 0.3) is 0 Å². The van der Waals surface area contributed by atoms with Gasteiger partial charge < -0.3 is 19.7 Å². The summed E-state index contributed by atoms with van der Waals surface area (Å²) >= 11 is 0. The smallest absolute Gasteiger partial charge is 0.308 e. The predicted molar refractivity (Wildman–Crippen MR) is 134 cm³/mol. The first-order valence-electron chi connectivity index (χ1n) is 11.0. The molecule has 1 aromatic carbocycles. The molecule has 2 fully saturated rings. The Morgan fingerprint density at radius 2 is 1.71 bits per heavy atom. The number of esters is 1. The average molecular weight is 544 g/mol. The summed E-state index contributed by atoms with van der Waals surface area (Å²) in [6, 6.07) is 8.37. The Hall–Kier alpha value is -1.55. The molecule has 0 aliphatic carbocycles. The normalized spacial score (nSPS) is 18.9. The molecule has 7 nitrogen and oxygen atoms in total. The van der Waals surface area contributed by atoms with Crippen LogP contribution in [0.1, 0.15) is 31.2 Å². The van der Waals surface area contributed by atoms with Crippen LogP contribution >= 0.6 is 24.0 Å². The van der Waals surface area contributed by atoms with Gasteiger partial charge in [0.1, 0.15) is 5.75 Å². The molecule has 0 bridgehead atoms. The van der Waals surface area contributed by atoms with Gasteiger partial charge in [-0.25, -0.2) is 0 Å². The van der Waals surface area contributed by atoms with Gasteiger partial charge in [0.2, 0.25) is 0 Å². The molecule has 3 rings (SSSR count). The molecular weight excluding hydrogens is 507 g/mol. The maximum Gasteiger partial charge on any atom is 0.308 e. The Labute approximate surface area is 203 Å². The molecule has 0 atom stereocenters. The van der Waals surface area contributed by atoms with Gasteiger partial charge in [-0.2, -0.15) is 0 Å². The summed E-state index contributed by atoms with van der Waals surface area (Å²) in [5.74, 6) is 2.48. The monoisotopic (exact) mass is 544 g/mol. The second kappa shape index (κ2) is 13.1. The lowest BCUT2D eigenvalue weighted by Gasteiger charge is -2.35. The van der Waals surface area contributed by atoms with E-state index in [1.807, 2.05) is 19.2 Å². The second-order valence-electron chi connectivity index (χ2n) is 8.28. The first kappa shape index (κ1) is 25.7. The number of piperidine rings is 2. The molecule has 0 radical (unpaired) electrons. The van der Waals surface area contributed by atoms with Crippen molar-refractivity contribution in [3.05, 3.63) is 29.8 Å². The third-order valence-electron chi connectivity index (χ3n) is 6.36. The summed E-state index contributed by atoms with van der Waals surface area (Å²) in [5, 5.41) is 3.57. The van der Waals surface area contributed by atoms with Gasteiger partial charge in [-0.1, -0.05) is 12.1 Å². The van der Waals surface area contributed by atoms with E-state index in [9.17, 15) is 4.79 Å². The molecule has 0 amide bonds. The van der Waals surface area contributed by atoms with Crippen molar-refractivity contribution in [2.45, 2.75) is 32.2 Å². The van der Waals surface area contributed by atoms with Crippen LogP contribution in [0, 0.1) is 11.8 Å². The Morgan fingerprint density at radius 3 is 2.26 bits per heavy atom. The van der Waals surface area contributed by atoms with Crippen LogP contribution in [0.4, 0.5) is 0 Å². The van der Waals surface area contributed by atoms with Crippen LogP contribution in [0.3, 0.4) is 0 Å². The van der Waals surface area contributed by atoms with Gasteiger partial charge in [-0.15, -0.1) is 24.0 Å². The van der Waals surface area contributed by atoms with Crippen molar-refractivity contribution in [3.8, 4) is 5.75 Å². The van der Waals surface area contributed by atoms with Crippen LogP contribution < -0.4 is 10.1 Å². The molecule has 0 unspecified atom stereocenters. The molecule has 174 valence electrons. The van der Waals surface area contributed by atoms with Gasteiger partial charge in [0.15, 0.2) is 5.96 Å². The maximum atomic E-state index is 11.7. The zero-order valence-corrected chi connectivity index (χ0v) is 21.3. The second-order valence-corrected chi connectivity index (χ2v) is 8.28. The molecule has 0 aromatic heterocycles. The summed E-state index contributed by atoms with van der Waals surface area (Å²) in [6.07, 6.45) is 4.06. The lowest BCUT2D eigenvalue weighted by molar-refractivity contribution is -0.146. The summed E-state index contributed by atoms with van der Waals surface area (Å²) in [7, 11) is 5.01. The van der Waals surface area contributed by atoms with Crippen LogP contribution in [-0.2, 0) is 16.1 Å². The van der Waals surface area contributed by atoms with E-state index in [0.717, 1.165) is 63.8 Å². The van der Waals surface area contributed by atoms with Crippen molar-refractivity contribution in [3.63, 3.8) is 0 Å². The van der Waals surface area contributed by atoms with E-state index in [1.54, 1.807) is 7.11 Å². The number of guanidine groups is 1. The minimum atomic E-state index is -0.0843. The number of benzene rings is 1. The van der Waals surface area contributed by atoms with Gasteiger partial charge in [0.05, 0.1) is 20.1 Å². The third kappa shape index (κ3) is 7.52. The number of hydrogen-bond acceptors (Lipinski definition) is 5. The Morgan fingerprint density at radius 1 is 1.06 bits per heavy atom. The molecule has 2 saturated heterocycles. The number of hydrogen-bond donors (Lipinski definition) is 1. The minimum Gasteiger partial charge on any atom is -0.497 e. The average Bonchev–Trinajstić information content (AvgIpc) is 2.81. The highest BCUT2D eigenvalue weighted by Gasteiger charge is 2.27. The fourth-order valence-electron chi connectivity index (χ4n) is 4.40. The number of carbonyl (C=O) groups is 1. The molecule has 1 aromatic rings. The van der Waals surface area contributed by atoms with Crippen molar-refractivity contribution in [2.75, 3.05) is 54.0 Å². The van der Waals surface area contributed by atoms with E-state index in [-0.39, 0.29) is 35.9 Å². The number of nitrogens with zero attached hydrogens (tertiary/aromatic N) is 3. The lowest BCUT2D eigenvalue weighted by Crippen LogP contribution is -2.48. The van der Waals surface area contributed by atoms with E-state index < -0.39 is 0 Å². The summed E-state index contributed by atoms with van der Waals surface area (Å²) < 4.78 is 10.1. The summed E-state index contributed by atoms with van der Waals surface area (Å²) in [5.41, 5.74) is 1.34. The highest BCUT2D eigenvalue weighted by Crippen LogP contribution is 2.21. The van der Waals surface area contributed by atoms with Crippen molar-refractivity contribution in [1.29, 1.82) is 0 Å². The number of halogens is 1. The van der Waals surface area contributed by atoms with Crippen LogP contribution in [0.2, 0.25) is 0 Å². The molecule has 0 saturated carbocycles.